The molecule has 31 heavy (non-hydrogen) atoms. The van der Waals surface area contributed by atoms with Crippen molar-refractivity contribution in [2.75, 3.05) is 52.6 Å². The Hall–Kier alpha value is -1.69. The number of rotatable bonds is 6. The quantitative estimate of drug-likeness (QED) is 0.697. The average molecular weight is 465 g/mol. The topological polar surface area (TPSA) is 79.3 Å². The van der Waals surface area contributed by atoms with Gasteiger partial charge in [0.25, 0.3) is 0 Å². The molecule has 11 heteroatoms. The Kier molecular flexibility index (Phi) is 7.95. The number of amides is 1. The molecule has 174 valence electrons. The Bertz CT molecular complexity index is 740. The SMILES string of the molecule is O=C(COC[C@]12COC[C@H]1CN(Cc1cccs1)C2)N1CCCC1.O=C(O)C(F)(F)F. The molecular weight excluding hydrogens is 437 g/mol. The average Bonchev–Trinajstić information content (AvgIpc) is 3.47. The molecule has 0 unspecified atom stereocenters. The van der Waals surface area contributed by atoms with Crippen LogP contribution in [0, 0.1) is 11.3 Å². The predicted octanol–water partition coefficient (Wildman–Crippen LogP) is 2.47. The number of hydrogen-bond donors (Lipinski definition) is 1. The number of fused-ring (bicyclic) bond motifs is 1. The molecule has 0 bridgehead atoms. The van der Waals surface area contributed by atoms with Gasteiger partial charge in [-0.05, 0) is 24.3 Å². The van der Waals surface area contributed by atoms with Gasteiger partial charge in [-0.25, -0.2) is 4.79 Å². The van der Waals surface area contributed by atoms with Crippen molar-refractivity contribution in [3.8, 4) is 0 Å². The molecule has 2 atom stereocenters. The molecule has 1 aromatic heterocycles. The zero-order valence-corrected chi connectivity index (χ0v) is 17.9. The summed E-state index contributed by atoms with van der Waals surface area (Å²) in [6.45, 7) is 7.33. The van der Waals surface area contributed by atoms with Crippen molar-refractivity contribution in [1.29, 1.82) is 0 Å². The van der Waals surface area contributed by atoms with Crippen molar-refractivity contribution < 1.29 is 37.3 Å². The summed E-state index contributed by atoms with van der Waals surface area (Å²) >= 11 is 1.82. The number of ether oxygens (including phenoxy) is 2. The number of carbonyl (C=O) groups is 2. The third-order valence-electron chi connectivity index (χ3n) is 5.87. The van der Waals surface area contributed by atoms with Crippen LogP contribution >= 0.6 is 11.3 Å². The number of carbonyl (C=O) groups excluding carboxylic acids is 1. The zero-order valence-electron chi connectivity index (χ0n) is 17.1. The van der Waals surface area contributed by atoms with Crippen LogP contribution in [-0.4, -0.2) is 85.6 Å². The Labute approximate surface area is 182 Å². The fraction of sp³-hybridized carbons (Fsp3) is 0.700. The van der Waals surface area contributed by atoms with Crippen LogP contribution in [0.5, 0.6) is 0 Å². The van der Waals surface area contributed by atoms with Crippen molar-refractivity contribution in [3.63, 3.8) is 0 Å². The summed E-state index contributed by atoms with van der Waals surface area (Å²) in [4.78, 5) is 26.9. The van der Waals surface area contributed by atoms with E-state index < -0.39 is 12.1 Å². The first-order valence-electron chi connectivity index (χ1n) is 10.2. The molecule has 0 saturated carbocycles. The van der Waals surface area contributed by atoms with Crippen molar-refractivity contribution in [1.82, 2.24) is 9.80 Å². The molecule has 4 rings (SSSR count). The third kappa shape index (κ3) is 6.41. The van der Waals surface area contributed by atoms with Crippen LogP contribution in [0.3, 0.4) is 0 Å². The summed E-state index contributed by atoms with van der Waals surface area (Å²) in [5.74, 6) is -2.08. The van der Waals surface area contributed by atoms with Crippen molar-refractivity contribution >= 4 is 23.2 Å². The van der Waals surface area contributed by atoms with Crippen molar-refractivity contribution in [2.45, 2.75) is 25.6 Å². The highest BCUT2D eigenvalue weighted by molar-refractivity contribution is 7.09. The van der Waals surface area contributed by atoms with Gasteiger partial charge in [-0.1, -0.05) is 6.07 Å². The number of aliphatic carboxylic acids is 1. The Morgan fingerprint density at radius 3 is 2.65 bits per heavy atom. The molecule has 4 heterocycles. The summed E-state index contributed by atoms with van der Waals surface area (Å²) in [7, 11) is 0. The molecule has 3 fully saturated rings. The first-order valence-corrected chi connectivity index (χ1v) is 11.1. The monoisotopic (exact) mass is 464 g/mol. The molecule has 3 saturated heterocycles. The third-order valence-corrected chi connectivity index (χ3v) is 6.73. The van der Waals surface area contributed by atoms with Crippen LogP contribution in [0.2, 0.25) is 0 Å². The largest absolute Gasteiger partial charge is 0.490 e. The highest BCUT2D eigenvalue weighted by atomic mass is 32.1. The highest BCUT2D eigenvalue weighted by Gasteiger charge is 2.50. The van der Waals surface area contributed by atoms with Crippen LogP contribution in [0.4, 0.5) is 13.2 Å². The highest BCUT2D eigenvalue weighted by Crippen LogP contribution is 2.42. The van der Waals surface area contributed by atoms with E-state index in [0.29, 0.717) is 12.5 Å². The number of nitrogens with zero attached hydrogens (tertiary/aromatic N) is 2. The van der Waals surface area contributed by atoms with E-state index >= 15 is 0 Å². The van der Waals surface area contributed by atoms with E-state index in [1.54, 1.807) is 0 Å². The number of hydrogen-bond acceptors (Lipinski definition) is 6. The van der Waals surface area contributed by atoms with Gasteiger partial charge < -0.3 is 19.5 Å². The second kappa shape index (κ2) is 10.3. The van der Waals surface area contributed by atoms with Gasteiger partial charge in [-0.2, -0.15) is 13.2 Å². The molecular formula is C20H27F3N2O5S. The summed E-state index contributed by atoms with van der Waals surface area (Å²) in [6, 6.07) is 4.32. The number of alkyl halides is 3. The maximum atomic E-state index is 12.1. The minimum atomic E-state index is -5.08. The van der Waals surface area contributed by atoms with Crippen LogP contribution in [0.1, 0.15) is 17.7 Å². The van der Waals surface area contributed by atoms with E-state index in [9.17, 15) is 18.0 Å². The van der Waals surface area contributed by atoms with E-state index in [-0.39, 0.29) is 17.9 Å². The number of likely N-dealkylation sites (tertiary alicyclic amines) is 2. The lowest BCUT2D eigenvalue weighted by Crippen LogP contribution is -2.38. The lowest BCUT2D eigenvalue weighted by molar-refractivity contribution is -0.192. The lowest BCUT2D eigenvalue weighted by atomic mass is 9.82. The van der Waals surface area contributed by atoms with Crippen molar-refractivity contribution in [2.24, 2.45) is 11.3 Å². The van der Waals surface area contributed by atoms with Gasteiger partial charge in [0, 0.05) is 48.9 Å². The van der Waals surface area contributed by atoms with Gasteiger partial charge in [-0.15, -0.1) is 11.3 Å². The van der Waals surface area contributed by atoms with E-state index in [2.05, 4.69) is 22.4 Å². The van der Waals surface area contributed by atoms with Gasteiger partial charge in [0.05, 0.1) is 19.8 Å². The van der Waals surface area contributed by atoms with E-state index in [1.807, 2.05) is 16.2 Å². The maximum absolute atomic E-state index is 12.1. The predicted molar refractivity (Wildman–Crippen MR) is 107 cm³/mol. The van der Waals surface area contributed by atoms with Crippen LogP contribution in [0.15, 0.2) is 17.5 Å². The fourth-order valence-electron chi connectivity index (χ4n) is 4.29. The van der Waals surface area contributed by atoms with Gasteiger partial charge >= 0.3 is 12.1 Å². The first-order chi connectivity index (χ1) is 14.7. The minimum absolute atomic E-state index is 0.0720. The second-order valence-corrected chi connectivity index (χ2v) is 9.24. The fourth-order valence-corrected chi connectivity index (χ4v) is 5.04. The van der Waals surface area contributed by atoms with Crippen molar-refractivity contribution in [3.05, 3.63) is 22.4 Å². The molecule has 3 aliphatic rings. The molecule has 1 aromatic rings. The second-order valence-electron chi connectivity index (χ2n) is 8.21. The molecule has 1 N–H and O–H groups in total. The Morgan fingerprint density at radius 2 is 2.03 bits per heavy atom. The normalized spacial score (nSPS) is 25.9. The van der Waals surface area contributed by atoms with Gasteiger partial charge in [-0.3, -0.25) is 9.69 Å². The van der Waals surface area contributed by atoms with Crippen LogP contribution in [-0.2, 0) is 25.6 Å². The summed E-state index contributed by atoms with van der Waals surface area (Å²) < 4.78 is 43.4. The molecule has 7 nitrogen and oxygen atoms in total. The summed E-state index contributed by atoms with van der Waals surface area (Å²) in [6.07, 6.45) is -2.83. The minimum Gasteiger partial charge on any atom is -0.475 e. The zero-order chi connectivity index (χ0) is 22.5. The molecule has 0 aliphatic carbocycles. The van der Waals surface area contributed by atoms with Crippen LogP contribution < -0.4 is 0 Å². The van der Waals surface area contributed by atoms with E-state index in [1.165, 1.54) is 4.88 Å². The summed E-state index contributed by atoms with van der Waals surface area (Å²) in [5.41, 5.74) is 0.0720. The van der Waals surface area contributed by atoms with E-state index in [0.717, 1.165) is 58.8 Å². The Morgan fingerprint density at radius 1 is 1.32 bits per heavy atom. The van der Waals surface area contributed by atoms with Gasteiger partial charge in [0.2, 0.25) is 5.91 Å². The smallest absolute Gasteiger partial charge is 0.475 e. The molecule has 3 aliphatic heterocycles. The molecule has 0 aromatic carbocycles. The van der Waals surface area contributed by atoms with Gasteiger partial charge in [0.1, 0.15) is 6.61 Å². The molecule has 0 spiro atoms. The van der Waals surface area contributed by atoms with Crippen LogP contribution in [0.25, 0.3) is 0 Å². The standard InChI is InChI=1S/C18H26N2O3S.C2HF3O2/c21-17(20-5-1-2-6-20)11-23-14-18-12-19(8-15(18)10-22-13-18)9-16-4-3-7-24-16;3-2(4,5)1(6)7/h3-4,7,15H,1-2,5-6,8-14H2;(H,6,7)/t15-,18+;/m1./s1. The van der Waals surface area contributed by atoms with Gasteiger partial charge in [0.15, 0.2) is 0 Å². The first kappa shape index (κ1) is 24.0. The molecule has 1 amide bonds. The number of thiophene rings is 1. The summed E-state index contributed by atoms with van der Waals surface area (Å²) in [5, 5.41) is 9.26. The maximum Gasteiger partial charge on any atom is 0.490 e. The lowest BCUT2D eigenvalue weighted by Gasteiger charge is -2.27. The number of halogens is 3. The molecule has 0 radical (unpaired) electrons. The van der Waals surface area contributed by atoms with E-state index in [4.69, 9.17) is 19.4 Å². The Balaban J connectivity index is 0.000000339. The number of carboxylic acid groups (broad SMARTS) is 1. The number of carboxylic acids is 1.